The molecule has 2 aromatic heterocycles. The Morgan fingerprint density at radius 3 is 2.41 bits per heavy atom. The van der Waals surface area contributed by atoms with E-state index >= 15 is 0 Å². The van der Waals surface area contributed by atoms with E-state index in [0.717, 1.165) is 56.2 Å². The van der Waals surface area contributed by atoms with Gasteiger partial charge in [-0.2, -0.15) is 0 Å². The summed E-state index contributed by atoms with van der Waals surface area (Å²) in [6.45, 7) is 4.74. The van der Waals surface area contributed by atoms with Crippen LogP contribution in [0.3, 0.4) is 0 Å². The van der Waals surface area contributed by atoms with E-state index in [9.17, 15) is 9.59 Å². The van der Waals surface area contributed by atoms with Crippen molar-refractivity contribution >= 4 is 33.4 Å². The molecule has 0 aromatic carbocycles. The number of rotatable bonds is 4. The summed E-state index contributed by atoms with van der Waals surface area (Å²) < 4.78 is 3.31. The molecule has 0 bridgehead atoms. The fourth-order valence-electron chi connectivity index (χ4n) is 6.20. The minimum absolute atomic E-state index is 0.0421. The summed E-state index contributed by atoms with van der Waals surface area (Å²) in [6, 6.07) is 4.69. The third-order valence-corrected chi connectivity index (χ3v) is 9.26. The maximum absolute atomic E-state index is 14.0. The van der Waals surface area contributed by atoms with Gasteiger partial charge in [-0.05, 0) is 51.2 Å². The first-order valence-electron chi connectivity index (χ1n) is 12.8. The second kappa shape index (κ2) is 8.85. The summed E-state index contributed by atoms with van der Waals surface area (Å²) in [6.07, 6.45) is 13.5. The van der Waals surface area contributed by atoms with Crippen molar-refractivity contribution < 1.29 is 9.59 Å². The quantitative estimate of drug-likeness (QED) is 0.606. The zero-order valence-corrected chi connectivity index (χ0v) is 20.4. The van der Waals surface area contributed by atoms with Gasteiger partial charge in [0.2, 0.25) is 5.91 Å². The third kappa shape index (κ3) is 3.78. The standard InChI is InChI=1S/C26H37N3O2S/c1-3-20-15-21-23(32-20)16-22-24(30)29(19-13-9-4-5-10-14-19)26(2,17-28(21)22)25(31)27-18-11-7-6-8-12-18/h15-16,18-19H,3-14,17H2,1-2H3,(H,27,31)/t26-/m1/s1. The van der Waals surface area contributed by atoms with Crippen molar-refractivity contribution in [2.45, 2.75) is 115 Å². The highest BCUT2D eigenvalue weighted by atomic mass is 32.1. The van der Waals surface area contributed by atoms with Gasteiger partial charge in [0.15, 0.2) is 0 Å². The highest BCUT2D eigenvalue weighted by Gasteiger charge is 2.50. The molecule has 2 aromatic rings. The van der Waals surface area contributed by atoms with E-state index in [1.807, 2.05) is 11.8 Å². The van der Waals surface area contributed by atoms with Gasteiger partial charge in [-0.3, -0.25) is 9.59 Å². The Bertz CT molecular complexity index is 994. The Labute approximate surface area is 195 Å². The Balaban J connectivity index is 1.54. The normalized spacial score (nSPS) is 25.7. The fraction of sp³-hybridized carbons (Fsp3) is 0.692. The molecular weight excluding hydrogens is 418 g/mol. The zero-order valence-electron chi connectivity index (χ0n) is 19.6. The van der Waals surface area contributed by atoms with Crippen molar-refractivity contribution in [1.29, 1.82) is 0 Å². The third-order valence-electron chi connectivity index (χ3n) is 8.04. The Hall–Kier alpha value is -1.82. The maximum Gasteiger partial charge on any atom is 0.271 e. The number of aryl methyl sites for hydroxylation is 1. The van der Waals surface area contributed by atoms with Crippen LogP contribution in [-0.2, 0) is 17.8 Å². The molecule has 5 nitrogen and oxygen atoms in total. The number of fused-ring (bicyclic) bond motifs is 3. The number of hydrogen-bond donors (Lipinski definition) is 1. The lowest BCUT2D eigenvalue weighted by atomic mass is 9.89. The Morgan fingerprint density at radius 2 is 1.72 bits per heavy atom. The van der Waals surface area contributed by atoms with E-state index in [1.54, 1.807) is 11.3 Å². The minimum atomic E-state index is -0.850. The molecule has 1 aliphatic heterocycles. The molecule has 2 saturated carbocycles. The monoisotopic (exact) mass is 455 g/mol. The number of nitrogens with one attached hydrogen (secondary N) is 1. The van der Waals surface area contributed by atoms with Crippen molar-refractivity contribution in [3.63, 3.8) is 0 Å². The van der Waals surface area contributed by atoms with Gasteiger partial charge >= 0.3 is 0 Å². The minimum Gasteiger partial charge on any atom is -0.351 e. The van der Waals surface area contributed by atoms with E-state index in [0.29, 0.717) is 6.54 Å². The number of aromatic nitrogens is 1. The van der Waals surface area contributed by atoms with Gasteiger partial charge in [-0.1, -0.05) is 51.9 Å². The number of nitrogens with zero attached hydrogens (tertiary/aromatic N) is 2. The Morgan fingerprint density at radius 1 is 1.06 bits per heavy atom. The zero-order chi connectivity index (χ0) is 22.3. The van der Waals surface area contributed by atoms with Gasteiger partial charge in [0, 0.05) is 17.0 Å². The number of hydrogen-bond acceptors (Lipinski definition) is 3. The van der Waals surface area contributed by atoms with E-state index in [4.69, 9.17) is 0 Å². The molecule has 1 atom stereocenters. The SMILES string of the molecule is CCc1cc2c(cc3n2C[C@](C)(C(=O)NC2CCCCC2)N(C2CCCCCC2)C3=O)s1. The summed E-state index contributed by atoms with van der Waals surface area (Å²) in [7, 11) is 0. The average Bonchev–Trinajstić information content (AvgIpc) is 3.22. The molecule has 3 heterocycles. The summed E-state index contributed by atoms with van der Waals surface area (Å²) in [4.78, 5) is 31.2. The smallest absolute Gasteiger partial charge is 0.271 e. The van der Waals surface area contributed by atoms with E-state index in [1.165, 1.54) is 41.7 Å². The number of carbonyl (C=O) groups is 2. The summed E-state index contributed by atoms with van der Waals surface area (Å²) in [5, 5.41) is 3.38. The van der Waals surface area contributed by atoms with Gasteiger partial charge in [0.1, 0.15) is 11.2 Å². The van der Waals surface area contributed by atoms with E-state index < -0.39 is 5.54 Å². The first-order valence-corrected chi connectivity index (χ1v) is 13.6. The summed E-state index contributed by atoms with van der Waals surface area (Å²) in [5.41, 5.74) is 1.03. The first-order chi connectivity index (χ1) is 15.5. The molecule has 5 rings (SSSR count). The van der Waals surface area contributed by atoms with Gasteiger partial charge in [-0.15, -0.1) is 11.3 Å². The van der Waals surface area contributed by atoms with Crippen molar-refractivity contribution in [3.8, 4) is 0 Å². The lowest BCUT2D eigenvalue weighted by Crippen LogP contribution is -2.67. The molecule has 0 radical (unpaired) electrons. The predicted octanol–water partition coefficient (Wildman–Crippen LogP) is 5.65. The molecule has 3 aliphatic rings. The second-order valence-electron chi connectivity index (χ2n) is 10.3. The van der Waals surface area contributed by atoms with Crippen LogP contribution < -0.4 is 5.32 Å². The van der Waals surface area contributed by atoms with Crippen molar-refractivity contribution in [3.05, 3.63) is 22.7 Å². The Kier molecular flexibility index (Phi) is 6.08. The van der Waals surface area contributed by atoms with Crippen LogP contribution in [0, 0.1) is 0 Å². The summed E-state index contributed by atoms with van der Waals surface area (Å²) >= 11 is 1.78. The number of thiophene rings is 1. The maximum atomic E-state index is 14.0. The lowest BCUT2D eigenvalue weighted by Gasteiger charge is -2.48. The lowest BCUT2D eigenvalue weighted by molar-refractivity contribution is -0.135. The van der Waals surface area contributed by atoms with Crippen LogP contribution >= 0.6 is 11.3 Å². The molecule has 6 heteroatoms. The molecule has 0 saturated heterocycles. The van der Waals surface area contributed by atoms with Crippen LogP contribution in [0.25, 0.3) is 10.2 Å². The van der Waals surface area contributed by atoms with Gasteiger partial charge in [0.25, 0.3) is 5.91 Å². The molecule has 0 spiro atoms. The van der Waals surface area contributed by atoms with Crippen LogP contribution in [0.1, 0.15) is 99.8 Å². The van der Waals surface area contributed by atoms with Crippen molar-refractivity contribution in [2.75, 3.05) is 0 Å². The van der Waals surface area contributed by atoms with Gasteiger partial charge < -0.3 is 14.8 Å². The van der Waals surface area contributed by atoms with Crippen LogP contribution in [0.15, 0.2) is 12.1 Å². The van der Waals surface area contributed by atoms with Gasteiger partial charge in [-0.25, -0.2) is 0 Å². The molecule has 1 N–H and O–H groups in total. The van der Waals surface area contributed by atoms with Crippen LogP contribution in [0.5, 0.6) is 0 Å². The molecule has 2 aliphatic carbocycles. The van der Waals surface area contributed by atoms with Crippen LogP contribution in [0.4, 0.5) is 0 Å². The first kappa shape index (κ1) is 22.0. The number of amides is 2. The van der Waals surface area contributed by atoms with E-state index in [2.05, 4.69) is 28.9 Å². The van der Waals surface area contributed by atoms with Crippen LogP contribution in [0.2, 0.25) is 0 Å². The molecule has 2 fully saturated rings. The topological polar surface area (TPSA) is 54.3 Å². The van der Waals surface area contributed by atoms with Crippen molar-refractivity contribution in [2.24, 2.45) is 0 Å². The van der Waals surface area contributed by atoms with E-state index in [-0.39, 0.29) is 23.9 Å². The molecule has 2 amide bonds. The van der Waals surface area contributed by atoms with Crippen molar-refractivity contribution in [1.82, 2.24) is 14.8 Å². The number of carbonyl (C=O) groups excluding carboxylic acids is 2. The highest BCUT2D eigenvalue weighted by molar-refractivity contribution is 7.19. The molecule has 174 valence electrons. The molecule has 0 unspecified atom stereocenters. The molecular formula is C26H37N3O2S. The second-order valence-corrected chi connectivity index (χ2v) is 11.5. The summed E-state index contributed by atoms with van der Waals surface area (Å²) in [5.74, 6) is 0.0892. The van der Waals surface area contributed by atoms with Crippen LogP contribution in [-0.4, -0.2) is 38.9 Å². The molecule has 32 heavy (non-hydrogen) atoms. The largest absolute Gasteiger partial charge is 0.351 e. The predicted molar refractivity (Wildman–Crippen MR) is 130 cm³/mol. The average molecular weight is 456 g/mol. The fourth-order valence-corrected chi connectivity index (χ4v) is 7.24. The van der Waals surface area contributed by atoms with Gasteiger partial charge in [0.05, 0.1) is 16.8 Å². The highest BCUT2D eigenvalue weighted by Crippen LogP contribution is 2.39.